The van der Waals surface area contributed by atoms with Gasteiger partial charge in [0.05, 0.1) is 11.1 Å². The van der Waals surface area contributed by atoms with Gasteiger partial charge in [-0.3, -0.25) is 0 Å². The molecular formula is C18H9ClF6. The zero-order chi connectivity index (χ0) is 18.4. The highest BCUT2D eigenvalue weighted by atomic mass is 35.5. The van der Waals surface area contributed by atoms with Crippen molar-refractivity contribution in [2.24, 2.45) is 0 Å². The van der Waals surface area contributed by atoms with Crippen molar-refractivity contribution in [3.8, 4) is 11.1 Å². The van der Waals surface area contributed by atoms with Crippen molar-refractivity contribution in [3.05, 3.63) is 70.7 Å². The van der Waals surface area contributed by atoms with Crippen LogP contribution in [0.3, 0.4) is 0 Å². The van der Waals surface area contributed by atoms with Crippen molar-refractivity contribution in [2.45, 2.75) is 12.4 Å². The summed E-state index contributed by atoms with van der Waals surface area (Å²) in [5.41, 5.74) is -2.63. The predicted molar refractivity (Wildman–Crippen MR) is 84.4 cm³/mol. The van der Waals surface area contributed by atoms with Crippen LogP contribution in [0.5, 0.6) is 0 Å². The fourth-order valence-electron chi connectivity index (χ4n) is 2.62. The van der Waals surface area contributed by atoms with Crippen LogP contribution < -0.4 is 0 Å². The highest BCUT2D eigenvalue weighted by molar-refractivity contribution is 6.36. The predicted octanol–water partition coefficient (Wildman–Crippen LogP) is 7.20. The minimum atomic E-state index is -4.89. The fourth-order valence-corrected chi connectivity index (χ4v) is 2.85. The average molecular weight is 375 g/mol. The summed E-state index contributed by atoms with van der Waals surface area (Å²) in [5, 5.41) is 1.39. The van der Waals surface area contributed by atoms with Gasteiger partial charge in [0.25, 0.3) is 0 Å². The Hall–Kier alpha value is -2.21. The van der Waals surface area contributed by atoms with E-state index in [1.54, 1.807) is 24.3 Å². The van der Waals surface area contributed by atoms with Gasteiger partial charge in [-0.15, -0.1) is 0 Å². The van der Waals surface area contributed by atoms with Crippen molar-refractivity contribution in [2.75, 3.05) is 0 Å². The second-order valence-corrected chi connectivity index (χ2v) is 5.84. The first kappa shape index (κ1) is 17.6. The van der Waals surface area contributed by atoms with Gasteiger partial charge in [0.1, 0.15) is 0 Å². The molecule has 7 heteroatoms. The van der Waals surface area contributed by atoms with Crippen molar-refractivity contribution in [1.82, 2.24) is 0 Å². The number of hydrogen-bond donors (Lipinski definition) is 0. The molecule has 0 amide bonds. The number of alkyl halides is 6. The minimum Gasteiger partial charge on any atom is -0.166 e. The van der Waals surface area contributed by atoms with Gasteiger partial charge in [0, 0.05) is 10.4 Å². The van der Waals surface area contributed by atoms with E-state index in [-0.39, 0.29) is 17.2 Å². The van der Waals surface area contributed by atoms with Crippen LogP contribution in [-0.4, -0.2) is 0 Å². The van der Waals surface area contributed by atoms with Crippen LogP contribution >= 0.6 is 11.6 Å². The molecule has 0 heterocycles. The van der Waals surface area contributed by atoms with E-state index >= 15 is 0 Å². The molecule has 3 aromatic carbocycles. The van der Waals surface area contributed by atoms with Crippen LogP contribution in [0.25, 0.3) is 21.9 Å². The van der Waals surface area contributed by atoms with Crippen molar-refractivity contribution in [3.63, 3.8) is 0 Å². The summed E-state index contributed by atoms with van der Waals surface area (Å²) in [6.07, 6.45) is -9.78. The largest absolute Gasteiger partial charge is 0.416 e. The highest BCUT2D eigenvalue weighted by Crippen LogP contribution is 2.40. The Kier molecular flexibility index (Phi) is 4.19. The Balaban J connectivity index is 2.33. The first-order valence-electron chi connectivity index (χ1n) is 7.04. The summed E-state index contributed by atoms with van der Waals surface area (Å²) in [4.78, 5) is 0. The van der Waals surface area contributed by atoms with Gasteiger partial charge < -0.3 is 0 Å². The Bertz CT molecular complexity index is 908. The number of benzene rings is 3. The second-order valence-electron chi connectivity index (χ2n) is 5.44. The van der Waals surface area contributed by atoms with Crippen LogP contribution in [0, 0.1) is 0 Å². The fraction of sp³-hybridized carbons (Fsp3) is 0.111. The molecule has 0 atom stereocenters. The summed E-state index contributed by atoms with van der Waals surface area (Å²) in [6.45, 7) is 0. The lowest BCUT2D eigenvalue weighted by Gasteiger charge is -2.15. The maximum Gasteiger partial charge on any atom is 0.416 e. The maximum absolute atomic E-state index is 13.0. The number of rotatable bonds is 1. The monoisotopic (exact) mass is 374 g/mol. The molecule has 0 nitrogen and oxygen atoms in total. The average Bonchev–Trinajstić information content (AvgIpc) is 2.53. The van der Waals surface area contributed by atoms with Crippen LogP contribution in [-0.2, 0) is 12.4 Å². The molecule has 0 N–H and O–H groups in total. The lowest BCUT2D eigenvalue weighted by atomic mass is 9.95. The summed E-state index contributed by atoms with van der Waals surface area (Å²) >= 11 is 6.06. The molecule has 3 rings (SSSR count). The zero-order valence-corrected chi connectivity index (χ0v) is 13.1. The Morgan fingerprint density at radius 1 is 0.640 bits per heavy atom. The normalized spacial score (nSPS) is 12.6. The van der Waals surface area contributed by atoms with Crippen LogP contribution in [0.15, 0.2) is 54.6 Å². The third-order valence-electron chi connectivity index (χ3n) is 3.77. The summed E-state index contributed by atoms with van der Waals surface area (Å²) in [5.74, 6) is 0. The molecule has 25 heavy (non-hydrogen) atoms. The number of halogens is 7. The molecule has 0 saturated carbocycles. The molecule has 130 valence electrons. The van der Waals surface area contributed by atoms with Gasteiger partial charge in [0.15, 0.2) is 0 Å². The molecule has 0 unspecified atom stereocenters. The van der Waals surface area contributed by atoms with Crippen molar-refractivity contribution < 1.29 is 26.3 Å². The maximum atomic E-state index is 13.0. The van der Waals surface area contributed by atoms with E-state index in [4.69, 9.17) is 11.6 Å². The molecule has 0 aliphatic carbocycles. The minimum absolute atomic E-state index is 0.113. The number of fused-ring (bicyclic) bond motifs is 1. The molecule has 0 aliphatic heterocycles. The molecule has 3 aromatic rings. The van der Waals surface area contributed by atoms with Gasteiger partial charge >= 0.3 is 12.4 Å². The van der Waals surface area contributed by atoms with E-state index < -0.39 is 23.5 Å². The first-order valence-corrected chi connectivity index (χ1v) is 7.42. The summed E-state index contributed by atoms with van der Waals surface area (Å²) in [7, 11) is 0. The third-order valence-corrected chi connectivity index (χ3v) is 4.10. The van der Waals surface area contributed by atoms with Gasteiger partial charge in [0.2, 0.25) is 0 Å². The molecular weight excluding hydrogens is 366 g/mol. The Morgan fingerprint density at radius 2 is 1.16 bits per heavy atom. The molecule has 0 aromatic heterocycles. The summed E-state index contributed by atoms with van der Waals surface area (Å²) in [6, 6.07) is 11.0. The smallest absolute Gasteiger partial charge is 0.166 e. The van der Waals surface area contributed by atoms with Crippen molar-refractivity contribution in [1.29, 1.82) is 0 Å². The highest BCUT2D eigenvalue weighted by Gasteiger charge is 2.37. The lowest BCUT2D eigenvalue weighted by molar-refractivity contribution is -0.143. The topological polar surface area (TPSA) is 0 Å². The second kappa shape index (κ2) is 5.95. The van der Waals surface area contributed by atoms with Crippen molar-refractivity contribution >= 4 is 22.4 Å². The zero-order valence-electron chi connectivity index (χ0n) is 12.3. The van der Waals surface area contributed by atoms with Crippen LogP contribution in [0.1, 0.15) is 11.1 Å². The molecule has 0 spiro atoms. The van der Waals surface area contributed by atoms with Gasteiger partial charge in [-0.2, -0.15) is 26.3 Å². The first-order chi connectivity index (χ1) is 11.6. The van der Waals surface area contributed by atoms with E-state index in [1.165, 1.54) is 12.1 Å². The van der Waals surface area contributed by atoms with E-state index in [1.807, 2.05) is 0 Å². The quantitative estimate of drug-likeness (QED) is 0.395. The van der Waals surface area contributed by atoms with Crippen LogP contribution in [0.2, 0.25) is 5.02 Å². The molecule has 0 saturated heterocycles. The molecule has 0 bridgehead atoms. The third kappa shape index (κ3) is 3.44. The molecule has 0 radical (unpaired) electrons. The van der Waals surface area contributed by atoms with E-state index in [0.717, 1.165) is 0 Å². The Labute approximate surface area is 143 Å². The van der Waals surface area contributed by atoms with E-state index in [2.05, 4.69) is 0 Å². The van der Waals surface area contributed by atoms with Gasteiger partial charge in [-0.05, 0) is 40.8 Å². The summed E-state index contributed by atoms with van der Waals surface area (Å²) < 4.78 is 78.2. The molecule has 0 aliphatic rings. The van der Waals surface area contributed by atoms with Gasteiger partial charge in [-0.25, -0.2) is 0 Å². The molecule has 0 fully saturated rings. The van der Waals surface area contributed by atoms with Crippen LogP contribution in [0.4, 0.5) is 26.3 Å². The number of hydrogen-bond acceptors (Lipinski definition) is 0. The Morgan fingerprint density at radius 3 is 1.68 bits per heavy atom. The van der Waals surface area contributed by atoms with Gasteiger partial charge in [-0.1, -0.05) is 41.9 Å². The lowest BCUT2D eigenvalue weighted by Crippen LogP contribution is -2.11. The van der Waals surface area contributed by atoms with E-state index in [9.17, 15) is 26.3 Å². The standard InChI is InChI=1S/C18H9ClF6/c19-16-6-5-13(14-3-1-2-4-15(14)16)10-7-11(17(20,21)22)9-12(8-10)18(23,24)25/h1-9H. The SMILES string of the molecule is FC(F)(F)c1cc(-c2ccc(Cl)c3ccccc23)cc(C(F)(F)F)c1. The van der Waals surface area contributed by atoms with E-state index in [0.29, 0.717) is 27.9 Å².